The van der Waals surface area contributed by atoms with E-state index in [1.54, 1.807) is 18.4 Å². The van der Waals surface area contributed by atoms with Crippen molar-refractivity contribution in [3.05, 3.63) is 35.4 Å². The molecule has 1 N–H and O–H groups in total. The van der Waals surface area contributed by atoms with Gasteiger partial charge in [-0.05, 0) is 12.3 Å². The highest BCUT2D eigenvalue weighted by Crippen LogP contribution is 2.31. The van der Waals surface area contributed by atoms with Crippen molar-refractivity contribution >= 4 is 11.8 Å². The standard InChI is InChI=1S/C13H9F2N3OS/c1-20-13-17-10(9(6-16)12(19)18-13)7-3-2-4-8(5-7)11(14)15/h2-5,11H,1H3,(H,17,18,19). The number of aromatic nitrogens is 2. The predicted octanol–water partition coefficient (Wildman–Crippen LogP) is 3.38. The molecule has 102 valence electrons. The minimum Gasteiger partial charge on any atom is -0.492 e. The number of hydrogen-bond acceptors (Lipinski definition) is 5. The largest absolute Gasteiger partial charge is 0.492 e. The number of thioether (sulfide) groups is 1. The average Bonchev–Trinajstić information content (AvgIpc) is 2.46. The Kier molecular flexibility index (Phi) is 4.15. The normalized spacial score (nSPS) is 10.6. The maximum Gasteiger partial charge on any atom is 0.263 e. The van der Waals surface area contributed by atoms with Gasteiger partial charge in [-0.2, -0.15) is 10.2 Å². The highest BCUT2D eigenvalue weighted by Gasteiger charge is 2.16. The van der Waals surface area contributed by atoms with Crippen LogP contribution in [0.3, 0.4) is 0 Å². The summed E-state index contributed by atoms with van der Waals surface area (Å²) in [5.41, 5.74) is 0.184. The van der Waals surface area contributed by atoms with Crippen molar-refractivity contribution in [3.63, 3.8) is 0 Å². The van der Waals surface area contributed by atoms with Gasteiger partial charge in [0.1, 0.15) is 11.6 Å². The summed E-state index contributed by atoms with van der Waals surface area (Å²) in [7, 11) is 0. The average molecular weight is 293 g/mol. The number of aromatic hydroxyl groups is 1. The molecule has 0 unspecified atom stereocenters. The first-order valence-corrected chi connectivity index (χ1v) is 6.73. The zero-order valence-corrected chi connectivity index (χ0v) is 11.2. The van der Waals surface area contributed by atoms with Gasteiger partial charge in [0.05, 0.1) is 5.69 Å². The van der Waals surface area contributed by atoms with Gasteiger partial charge in [0.15, 0.2) is 5.16 Å². The van der Waals surface area contributed by atoms with Crippen LogP contribution in [0.25, 0.3) is 11.3 Å². The van der Waals surface area contributed by atoms with Crippen LogP contribution in [-0.2, 0) is 0 Å². The van der Waals surface area contributed by atoms with Crippen LogP contribution in [0.1, 0.15) is 17.6 Å². The molecule has 0 aliphatic rings. The first-order valence-electron chi connectivity index (χ1n) is 5.50. The molecule has 2 aromatic rings. The number of rotatable bonds is 3. The molecule has 0 saturated heterocycles. The zero-order valence-electron chi connectivity index (χ0n) is 10.3. The van der Waals surface area contributed by atoms with Crippen molar-refractivity contribution < 1.29 is 13.9 Å². The maximum absolute atomic E-state index is 12.7. The Balaban J connectivity index is 2.65. The highest BCUT2D eigenvalue weighted by molar-refractivity contribution is 7.98. The topological polar surface area (TPSA) is 69.8 Å². The lowest BCUT2D eigenvalue weighted by atomic mass is 10.0. The van der Waals surface area contributed by atoms with Gasteiger partial charge >= 0.3 is 0 Å². The number of hydrogen-bond donors (Lipinski definition) is 1. The predicted molar refractivity (Wildman–Crippen MR) is 70.6 cm³/mol. The van der Waals surface area contributed by atoms with Gasteiger partial charge in [0, 0.05) is 11.1 Å². The molecule has 0 amide bonds. The molecule has 2 rings (SSSR count). The molecule has 0 saturated carbocycles. The molecule has 1 heterocycles. The van der Waals surface area contributed by atoms with E-state index in [4.69, 9.17) is 5.26 Å². The van der Waals surface area contributed by atoms with E-state index in [1.165, 1.54) is 30.0 Å². The second-order valence-corrected chi connectivity index (χ2v) is 4.57. The van der Waals surface area contributed by atoms with E-state index in [0.717, 1.165) is 0 Å². The van der Waals surface area contributed by atoms with Crippen LogP contribution in [0.5, 0.6) is 5.88 Å². The summed E-state index contributed by atoms with van der Waals surface area (Å²) >= 11 is 1.18. The number of benzene rings is 1. The van der Waals surface area contributed by atoms with Crippen molar-refractivity contribution in [2.45, 2.75) is 11.6 Å². The van der Waals surface area contributed by atoms with E-state index in [-0.39, 0.29) is 22.0 Å². The number of nitriles is 1. The van der Waals surface area contributed by atoms with Crippen LogP contribution in [0, 0.1) is 11.3 Å². The van der Waals surface area contributed by atoms with Crippen LogP contribution in [0.4, 0.5) is 8.78 Å². The maximum atomic E-state index is 12.7. The minimum atomic E-state index is -2.61. The highest BCUT2D eigenvalue weighted by atomic mass is 32.2. The Bertz CT molecular complexity index is 686. The Morgan fingerprint density at radius 2 is 2.10 bits per heavy atom. The van der Waals surface area contributed by atoms with Gasteiger partial charge in [-0.25, -0.2) is 13.8 Å². The van der Waals surface area contributed by atoms with Gasteiger partial charge < -0.3 is 5.11 Å². The van der Waals surface area contributed by atoms with Gasteiger partial charge in [0.25, 0.3) is 6.43 Å². The van der Waals surface area contributed by atoms with Gasteiger partial charge in [-0.3, -0.25) is 0 Å². The fraction of sp³-hybridized carbons (Fsp3) is 0.154. The van der Waals surface area contributed by atoms with E-state index < -0.39 is 12.3 Å². The summed E-state index contributed by atoms with van der Waals surface area (Å²) in [6, 6.07) is 7.33. The Labute approximate surface area is 118 Å². The molecule has 0 radical (unpaired) electrons. The third-order valence-electron chi connectivity index (χ3n) is 2.58. The monoisotopic (exact) mass is 293 g/mol. The Morgan fingerprint density at radius 1 is 1.35 bits per heavy atom. The van der Waals surface area contributed by atoms with Crippen molar-refractivity contribution in [2.75, 3.05) is 6.26 Å². The zero-order chi connectivity index (χ0) is 14.7. The lowest BCUT2D eigenvalue weighted by Crippen LogP contribution is -1.96. The van der Waals surface area contributed by atoms with E-state index in [0.29, 0.717) is 5.56 Å². The third kappa shape index (κ3) is 2.70. The van der Waals surface area contributed by atoms with Crippen LogP contribution in [0.2, 0.25) is 0 Å². The minimum absolute atomic E-state index is 0.130. The molecule has 7 heteroatoms. The molecule has 1 aromatic carbocycles. The lowest BCUT2D eigenvalue weighted by molar-refractivity contribution is 0.151. The van der Waals surface area contributed by atoms with Gasteiger partial charge in [-0.1, -0.05) is 30.0 Å². The summed E-state index contributed by atoms with van der Waals surface area (Å²) in [5, 5.41) is 19.0. The summed E-state index contributed by atoms with van der Waals surface area (Å²) in [6.45, 7) is 0. The van der Waals surface area contributed by atoms with E-state index >= 15 is 0 Å². The smallest absolute Gasteiger partial charge is 0.263 e. The van der Waals surface area contributed by atoms with Crippen molar-refractivity contribution in [1.29, 1.82) is 5.26 Å². The van der Waals surface area contributed by atoms with Gasteiger partial charge in [0.2, 0.25) is 5.88 Å². The first-order chi connectivity index (χ1) is 9.56. The van der Waals surface area contributed by atoms with Crippen molar-refractivity contribution in [1.82, 2.24) is 9.97 Å². The van der Waals surface area contributed by atoms with E-state index in [1.807, 2.05) is 0 Å². The second kappa shape index (κ2) is 5.84. The van der Waals surface area contributed by atoms with Gasteiger partial charge in [-0.15, -0.1) is 0 Å². The van der Waals surface area contributed by atoms with Crippen molar-refractivity contribution in [3.8, 4) is 23.2 Å². The van der Waals surface area contributed by atoms with E-state index in [9.17, 15) is 13.9 Å². The SMILES string of the molecule is CSc1nc(O)c(C#N)c(-c2cccc(C(F)F)c2)n1. The fourth-order valence-electron chi connectivity index (χ4n) is 1.65. The molecular formula is C13H9F2N3OS. The fourth-order valence-corrected chi connectivity index (χ4v) is 2.01. The number of halogens is 2. The quantitative estimate of drug-likeness (QED) is 0.694. The molecule has 1 aromatic heterocycles. The summed E-state index contributed by atoms with van der Waals surface area (Å²) in [4.78, 5) is 7.86. The number of alkyl halides is 2. The summed E-state index contributed by atoms with van der Waals surface area (Å²) < 4.78 is 25.4. The second-order valence-electron chi connectivity index (χ2n) is 3.80. The van der Waals surface area contributed by atoms with Crippen LogP contribution in [-0.4, -0.2) is 21.3 Å². The molecule has 0 bridgehead atoms. The molecule has 0 atom stereocenters. The molecular weight excluding hydrogens is 284 g/mol. The lowest BCUT2D eigenvalue weighted by Gasteiger charge is -2.08. The Hall–Kier alpha value is -2.20. The van der Waals surface area contributed by atoms with Crippen molar-refractivity contribution in [2.24, 2.45) is 0 Å². The summed E-state index contributed by atoms with van der Waals surface area (Å²) in [6.07, 6.45) is -0.906. The molecule has 0 fully saturated rings. The molecule has 4 nitrogen and oxygen atoms in total. The molecule has 20 heavy (non-hydrogen) atoms. The summed E-state index contributed by atoms with van der Waals surface area (Å²) in [5.74, 6) is -0.454. The molecule has 0 aliphatic carbocycles. The van der Waals surface area contributed by atoms with Crippen LogP contribution in [0.15, 0.2) is 29.4 Å². The van der Waals surface area contributed by atoms with E-state index in [2.05, 4.69) is 9.97 Å². The molecule has 0 spiro atoms. The third-order valence-corrected chi connectivity index (χ3v) is 3.12. The first kappa shape index (κ1) is 14.2. The van der Waals surface area contributed by atoms with Crippen LogP contribution < -0.4 is 0 Å². The number of nitrogens with zero attached hydrogens (tertiary/aromatic N) is 3. The Morgan fingerprint density at radius 3 is 2.70 bits per heavy atom. The van der Waals surface area contributed by atoms with Crippen LogP contribution >= 0.6 is 11.8 Å². The molecule has 0 aliphatic heterocycles.